The minimum absolute atomic E-state index is 0.123. The van der Waals surface area contributed by atoms with E-state index in [1.807, 2.05) is 6.92 Å². The number of nitrogens with zero attached hydrogens (tertiary/aromatic N) is 2. The molecule has 0 radical (unpaired) electrons. The van der Waals surface area contributed by atoms with Crippen molar-refractivity contribution < 1.29 is 8.42 Å². The van der Waals surface area contributed by atoms with E-state index in [1.165, 1.54) is 16.6 Å². The van der Waals surface area contributed by atoms with Crippen LogP contribution >= 0.6 is 0 Å². The summed E-state index contributed by atoms with van der Waals surface area (Å²) in [5.41, 5.74) is 0. The Kier molecular flexibility index (Phi) is 4.05. The third-order valence-electron chi connectivity index (χ3n) is 1.90. The van der Waals surface area contributed by atoms with E-state index in [4.69, 9.17) is 0 Å². The van der Waals surface area contributed by atoms with Gasteiger partial charge in [-0.1, -0.05) is 13.0 Å². The molecule has 5 nitrogen and oxygen atoms in total. The molecular weight excluding hydrogens is 214 g/mol. The van der Waals surface area contributed by atoms with E-state index in [-0.39, 0.29) is 5.03 Å². The van der Waals surface area contributed by atoms with Crippen molar-refractivity contribution in [1.29, 1.82) is 0 Å². The van der Waals surface area contributed by atoms with Gasteiger partial charge in [-0.25, -0.2) is 8.42 Å². The van der Waals surface area contributed by atoms with Gasteiger partial charge in [-0.2, -0.15) is 9.40 Å². The smallest absolute Gasteiger partial charge is 0.260 e. The lowest BCUT2D eigenvalue weighted by Crippen LogP contribution is -2.32. The molecule has 0 fully saturated rings. The van der Waals surface area contributed by atoms with Crippen LogP contribution in [0.4, 0.5) is 0 Å². The molecule has 0 saturated heterocycles. The zero-order valence-corrected chi connectivity index (χ0v) is 9.50. The lowest BCUT2D eigenvalue weighted by molar-refractivity contribution is 0.439. The molecule has 84 valence electrons. The average Bonchev–Trinajstić information content (AvgIpc) is 2.70. The number of aromatic amines is 1. The van der Waals surface area contributed by atoms with Crippen LogP contribution in [0.3, 0.4) is 0 Å². The molecule has 1 rings (SSSR count). The van der Waals surface area contributed by atoms with E-state index >= 15 is 0 Å². The molecule has 1 N–H and O–H groups in total. The molecule has 15 heavy (non-hydrogen) atoms. The Morgan fingerprint density at radius 1 is 1.67 bits per heavy atom. The highest BCUT2D eigenvalue weighted by molar-refractivity contribution is 7.89. The fourth-order valence-corrected chi connectivity index (χ4v) is 2.63. The quantitative estimate of drug-likeness (QED) is 0.740. The van der Waals surface area contributed by atoms with Crippen molar-refractivity contribution in [3.05, 3.63) is 24.9 Å². The summed E-state index contributed by atoms with van der Waals surface area (Å²) >= 11 is 0. The highest BCUT2D eigenvalue weighted by atomic mass is 32.2. The van der Waals surface area contributed by atoms with Gasteiger partial charge < -0.3 is 0 Å². The van der Waals surface area contributed by atoms with E-state index < -0.39 is 10.0 Å². The second-order valence-corrected chi connectivity index (χ2v) is 4.98. The Morgan fingerprint density at radius 3 is 2.87 bits per heavy atom. The number of H-pyrrole nitrogens is 1. The summed E-state index contributed by atoms with van der Waals surface area (Å²) in [5.74, 6) is 0. The Bertz CT molecular complexity index is 397. The molecule has 0 aliphatic carbocycles. The second kappa shape index (κ2) is 5.09. The van der Waals surface area contributed by atoms with Crippen molar-refractivity contribution in [2.24, 2.45) is 0 Å². The van der Waals surface area contributed by atoms with Gasteiger partial charge in [-0.3, -0.25) is 5.10 Å². The normalized spacial score (nSPS) is 11.9. The SMILES string of the molecule is C=CCN(CCC)S(=O)(=O)c1ccn[nH]1. The first-order valence-corrected chi connectivity index (χ1v) is 6.17. The first-order valence-electron chi connectivity index (χ1n) is 4.73. The Balaban J connectivity index is 2.96. The van der Waals surface area contributed by atoms with Gasteiger partial charge >= 0.3 is 0 Å². The van der Waals surface area contributed by atoms with Crippen LogP contribution in [0, 0.1) is 0 Å². The van der Waals surface area contributed by atoms with Crippen molar-refractivity contribution in [1.82, 2.24) is 14.5 Å². The zero-order chi connectivity index (χ0) is 11.3. The molecule has 0 amide bonds. The number of hydrogen-bond acceptors (Lipinski definition) is 3. The molecule has 0 saturated carbocycles. The lowest BCUT2D eigenvalue weighted by Gasteiger charge is -2.18. The lowest BCUT2D eigenvalue weighted by atomic mass is 10.5. The maximum Gasteiger partial charge on any atom is 0.260 e. The molecule has 0 unspecified atom stereocenters. The molecule has 0 bridgehead atoms. The molecule has 0 aliphatic rings. The van der Waals surface area contributed by atoms with Crippen LogP contribution in [-0.4, -0.2) is 36.0 Å². The zero-order valence-electron chi connectivity index (χ0n) is 8.68. The summed E-state index contributed by atoms with van der Waals surface area (Å²) in [4.78, 5) is 0. The average molecular weight is 229 g/mol. The minimum atomic E-state index is -3.44. The number of rotatable bonds is 6. The highest BCUT2D eigenvalue weighted by Crippen LogP contribution is 2.12. The van der Waals surface area contributed by atoms with Crippen molar-refractivity contribution in [2.45, 2.75) is 18.4 Å². The minimum Gasteiger partial charge on any atom is -0.266 e. The molecule has 0 aliphatic heterocycles. The standard InChI is InChI=1S/C9H15N3O2S/c1-3-7-12(8-4-2)15(13,14)9-5-6-10-11-9/h3,5-6H,1,4,7-8H2,2H3,(H,10,11). The Morgan fingerprint density at radius 2 is 2.40 bits per heavy atom. The molecule has 1 aromatic rings. The van der Waals surface area contributed by atoms with E-state index in [9.17, 15) is 8.42 Å². The van der Waals surface area contributed by atoms with Gasteiger partial charge in [0, 0.05) is 13.1 Å². The van der Waals surface area contributed by atoms with Crippen LogP contribution < -0.4 is 0 Å². The summed E-state index contributed by atoms with van der Waals surface area (Å²) in [6, 6.07) is 1.45. The number of hydrogen-bond donors (Lipinski definition) is 1. The summed E-state index contributed by atoms with van der Waals surface area (Å²) in [7, 11) is -3.44. The van der Waals surface area contributed by atoms with Crippen LogP contribution in [-0.2, 0) is 10.0 Å². The molecule has 0 aromatic carbocycles. The molecule has 1 heterocycles. The van der Waals surface area contributed by atoms with Gasteiger partial charge in [0.1, 0.15) is 0 Å². The molecular formula is C9H15N3O2S. The van der Waals surface area contributed by atoms with Gasteiger partial charge in [0.05, 0.1) is 6.20 Å². The largest absolute Gasteiger partial charge is 0.266 e. The van der Waals surface area contributed by atoms with E-state index in [1.54, 1.807) is 6.08 Å². The monoisotopic (exact) mass is 229 g/mol. The van der Waals surface area contributed by atoms with Crippen LogP contribution in [0.1, 0.15) is 13.3 Å². The Labute approximate surface area is 89.8 Å². The summed E-state index contributed by atoms with van der Waals surface area (Å²) in [5, 5.41) is 6.22. The van der Waals surface area contributed by atoms with Crippen molar-refractivity contribution in [3.63, 3.8) is 0 Å². The van der Waals surface area contributed by atoms with Crippen LogP contribution in [0.15, 0.2) is 29.9 Å². The van der Waals surface area contributed by atoms with E-state index in [2.05, 4.69) is 16.8 Å². The molecule has 6 heteroatoms. The first-order chi connectivity index (χ1) is 7.12. The molecule has 0 atom stereocenters. The van der Waals surface area contributed by atoms with Crippen LogP contribution in [0.2, 0.25) is 0 Å². The van der Waals surface area contributed by atoms with Crippen molar-refractivity contribution in [2.75, 3.05) is 13.1 Å². The van der Waals surface area contributed by atoms with Gasteiger partial charge in [0.15, 0.2) is 5.03 Å². The molecule has 0 spiro atoms. The first kappa shape index (κ1) is 11.9. The van der Waals surface area contributed by atoms with Gasteiger partial charge in [-0.05, 0) is 12.5 Å². The highest BCUT2D eigenvalue weighted by Gasteiger charge is 2.23. The number of aromatic nitrogens is 2. The summed E-state index contributed by atoms with van der Waals surface area (Å²) < 4.78 is 25.3. The van der Waals surface area contributed by atoms with Crippen LogP contribution in [0.25, 0.3) is 0 Å². The fraction of sp³-hybridized carbons (Fsp3) is 0.444. The third-order valence-corrected chi connectivity index (χ3v) is 3.69. The fourth-order valence-electron chi connectivity index (χ4n) is 1.23. The molecule has 1 aromatic heterocycles. The maximum absolute atomic E-state index is 12.0. The number of sulfonamides is 1. The third kappa shape index (κ3) is 2.66. The second-order valence-electron chi connectivity index (χ2n) is 3.07. The summed E-state index contributed by atoms with van der Waals surface area (Å²) in [6.07, 6.45) is 3.76. The van der Waals surface area contributed by atoms with Gasteiger partial charge in [0.2, 0.25) is 0 Å². The Hall–Kier alpha value is -1.14. The van der Waals surface area contributed by atoms with Crippen molar-refractivity contribution in [3.8, 4) is 0 Å². The van der Waals surface area contributed by atoms with Crippen LogP contribution in [0.5, 0.6) is 0 Å². The number of nitrogens with one attached hydrogen (secondary N) is 1. The van der Waals surface area contributed by atoms with E-state index in [0.29, 0.717) is 13.1 Å². The summed E-state index contributed by atoms with van der Waals surface area (Å²) in [6.45, 7) is 6.27. The predicted octanol–water partition coefficient (Wildman–Crippen LogP) is 0.996. The van der Waals surface area contributed by atoms with Gasteiger partial charge in [-0.15, -0.1) is 6.58 Å². The maximum atomic E-state index is 12.0. The van der Waals surface area contributed by atoms with Gasteiger partial charge in [0.25, 0.3) is 10.0 Å². The predicted molar refractivity (Wildman–Crippen MR) is 57.8 cm³/mol. The van der Waals surface area contributed by atoms with E-state index in [0.717, 1.165) is 6.42 Å². The van der Waals surface area contributed by atoms with Crippen molar-refractivity contribution >= 4 is 10.0 Å². The topological polar surface area (TPSA) is 66.1 Å².